The van der Waals surface area contributed by atoms with Crippen LogP contribution in [0.1, 0.15) is 16.8 Å². The van der Waals surface area contributed by atoms with Gasteiger partial charge in [-0.2, -0.15) is 0 Å². The van der Waals surface area contributed by atoms with Crippen LogP contribution in [0, 0.1) is 13.8 Å². The van der Waals surface area contributed by atoms with Crippen LogP contribution in [0.2, 0.25) is 0 Å². The summed E-state index contributed by atoms with van der Waals surface area (Å²) in [5.74, 6) is 0.698. The first-order valence-electron chi connectivity index (χ1n) is 6.81. The first-order valence-corrected chi connectivity index (χ1v) is 7.79. The number of benzene rings is 1. The second-order valence-electron chi connectivity index (χ2n) is 5.08. The fourth-order valence-corrected chi connectivity index (χ4v) is 3.15. The van der Waals surface area contributed by atoms with Gasteiger partial charge in [0.15, 0.2) is 0 Å². The Morgan fingerprint density at radius 1 is 1.14 bits per heavy atom. The summed E-state index contributed by atoms with van der Waals surface area (Å²) in [7, 11) is 0. The second kappa shape index (κ2) is 5.74. The summed E-state index contributed by atoms with van der Waals surface area (Å²) in [6.07, 6.45) is 1.76. The molecule has 2 aromatic heterocycles. The van der Waals surface area contributed by atoms with Crippen molar-refractivity contribution in [2.45, 2.75) is 24.5 Å². The molecule has 4 heteroatoms. The van der Waals surface area contributed by atoms with E-state index in [1.54, 1.807) is 28.4 Å². The lowest BCUT2D eigenvalue weighted by atomic mass is 10.2. The molecule has 0 saturated carbocycles. The third kappa shape index (κ3) is 3.00. The Balaban J connectivity index is 1.91. The molecule has 3 rings (SSSR count). The molecule has 0 aliphatic heterocycles. The Kier molecular flexibility index (Phi) is 3.80. The molecule has 0 fully saturated rings. The van der Waals surface area contributed by atoms with Gasteiger partial charge in [-0.1, -0.05) is 23.8 Å². The van der Waals surface area contributed by atoms with Gasteiger partial charge in [-0.15, -0.1) is 11.8 Å². The van der Waals surface area contributed by atoms with Crippen LogP contribution in [-0.2, 0) is 5.75 Å². The average molecular weight is 296 g/mol. The summed E-state index contributed by atoms with van der Waals surface area (Å²) in [6, 6.07) is 13.8. The predicted molar refractivity (Wildman–Crippen MR) is 86.9 cm³/mol. The summed E-state index contributed by atoms with van der Waals surface area (Å²) in [5.41, 5.74) is 3.79. The molecule has 0 amide bonds. The molecule has 21 heavy (non-hydrogen) atoms. The van der Waals surface area contributed by atoms with Crippen molar-refractivity contribution >= 4 is 17.4 Å². The molecule has 0 radical (unpaired) electrons. The molecule has 0 aliphatic rings. The maximum atomic E-state index is 12.1. The number of nitrogens with zero attached hydrogens (tertiary/aromatic N) is 2. The summed E-state index contributed by atoms with van der Waals surface area (Å²) in [5, 5.41) is 0. The highest BCUT2D eigenvalue weighted by Gasteiger charge is 2.05. The van der Waals surface area contributed by atoms with Crippen molar-refractivity contribution in [3.8, 4) is 0 Å². The van der Waals surface area contributed by atoms with Crippen molar-refractivity contribution in [1.29, 1.82) is 0 Å². The van der Waals surface area contributed by atoms with E-state index in [0.717, 1.165) is 16.9 Å². The van der Waals surface area contributed by atoms with Gasteiger partial charge in [0.1, 0.15) is 5.65 Å². The lowest BCUT2D eigenvalue weighted by Gasteiger charge is -2.06. The fraction of sp³-hybridized carbons (Fsp3) is 0.176. The Morgan fingerprint density at radius 3 is 2.81 bits per heavy atom. The number of aryl methyl sites for hydroxylation is 2. The smallest absolute Gasteiger partial charge is 0.258 e. The highest BCUT2D eigenvalue weighted by molar-refractivity contribution is 7.98. The molecule has 106 valence electrons. The van der Waals surface area contributed by atoms with Crippen LogP contribution >= 0.6 is 11.8 Å². The van der Waals surface area contributed by atoms with Crippen molar-refractivity contribution < 1.29 is 0 Å². The molecule has 3 aromatic rings. The van der Waals surface area contributed by atoms with Crippen LogP contribution in [0.15, 0.2) is 58.4 Å². The number of hydrogen-bond acceptors (Lipinski definition) is 3. The molecule has 0 bridgehead atoms. The standard InChI is InChI=1S/C17H16N2OS/c1-12-5-3-7-15(9-12)21-11-14-10-16(20)19-8-4-6-13(2)17(19)18-14/h3-10H,11H2,1-2H3. The minimum Gasteiger partial charge on any atom is -0.269 e. The minimum absolute atomic E-state index is 0.0245. The zero-order valence-electron chi connectivity index (χ0n) is 12.0. The molecule has 0 unspecified atom stereocenters. The second-order valence-corrected chi connectivity index (χ2v) is 6.12. The molecule has 0 spiro atoms. The summed E-state index contributed by atoms with van der Waals surface area (Å²) in [6.45, 7) is 4.05. The third-order valence-corrected chi connectivity index (χ3v) is 4.34. The third-order valence-electron chi connectivity index (χ3n) is 3.32. The van der Waals surface area contributed by atoms with Crippen LogP contribution in [0.25, 0.3) is 5.65 Å². The lowest BCUT2D eigenvalue weighted by molar-refractivity contribution is 1.00. The summed E-state index contributed by atoms with van der Waals surface area (Å²) < 4.78 is 1.59. The van der Waals surface area contributed by atoms with Crippen LogP contribution < -0.4 is 5.56 Å². The van der Waals surface area contributed by atoms with Gasteiger partial charge >= 0.3 is 0 Å². The number of fused-ring (bicyclic) bond motifs is 1. The van der Waals surface area contributed by atoms with E-state index in [9.17, 15) is 4.79 Å². The van der Waals surface area contributed by atoms with Gasteiger partial charge in [0.2, 0.25) is 0 Å². The van der Waals surface area contributed by atoms with E-state index < -0.39 is 0 Å². The van der Waals surface area contributed by atoms with E-state index in [1.165, 1.54) is 10.5 Å². The molecule has 0 aliphatic carbocycles. The number of thioether (sulfide) groups is 1. The SMILES string of the molecule is Cc1cccc(SCc2cc(=O)n3cccc(C)c3n2)c1. The normalized spacial score (nSPS) is 11.0. The van der Waals surface area contributed by atoms with Gasteiger partial charge in [-0.05, 0) is 37.6 Å². The number of rotatable bonds is 3. The zero-order valence-corrected chi connectivity index (χ0v) is 12.9. The molecule has 0 N–H and O–H groups in total. The number of hydrogen-bond donors (Lipinski definition) is 0. The van der Waals surface area contributed by atoms with E-state index in [2.05, 4.69) is 30.1 Å². The van der Waals surface area contributed by atoms with E-state index in [-0.39, 0.29) is 5.56 Å². The Hall–Kier alpha value is -2.07. The van der Waals surface area contributed by atoms with Crippen molar-refractivity contribution in [3.05, 3.63) is 75.8 Å². The Morgan fingerprint density at radius 2 is 2.00 bits per heavy atom. The van der Waals surface area contributed by atoms with Gasteiger partial charge in [0.25, 0.3) is 5.56 Å². The van der Waals surface area contributed by atoms with E-state index >= 15 is 0 Å². The largest absolute Gasteiger partial charge is 0.269 e. The van der Waals surface area contributed by atoms with E-state index in [1.807, 2.05) is 25.1 Å². The molecule has 1 aromatic carbocycles. The van der Waals surface area contributed by atoms with Gasteiger partial charge in [-0.3, -0.25) is 9.20 Å². The van der Waals surface area contributed by atoms with Gasteiger partial charge in [-0.25, -0.2) is 4.98 Å². The molecule has 3 nitrogen and oxygen atoms in total. The van der Waals surface area contributed by atoms with Crippen molar-refractivity contribution in [2.24, 2.45) is 0 Å². The molecular weight excluding hydrogens is 280 g/mol. The molecular formula is C17H16N2OS. The lowest BCUT2D eigenvalue weighted by Crippen LogP contribution is -2.15. The Labute approximate surface area is 127 Å². The first-order chi connectivity index (χ1) is 10.1. The topological polar surface area (TPSA) is 34.4 Å². The number of pyridine rings is 1. The van der Waals surface area contributed by atoms with Gasteiger partial charge in [0.05, 0.1) is 5.69 Å². The van der Waals surface area contributed by atoms with Crippen LogP contribution in [-0.4, -0.2) is 9.38 Å². The van der Waals surface area contributed by atoms with E-state index in [4.69, 9.17) is 0 Å². The highest BCUT2D eigenvalue weighted by atomic mass is 32.2. The average Bonchev–Trinajstić information content (AvgIpc) is 2.46. The summed E-state index contributed by atoms with van der Waals surface area (Å²) in [4.78, 5) is 17.9. The maximum Gasteiger partial charge on any atom is 0.258 e. The van der Waals surface area contributed by atoms with Gasteiger partial charge in [0, 0.05) is 22.9 Å². The first kappa shape index (κ1) is 13.9. The van der Waals surface area contributed by atoms with Crippen LogP contribution in [0.3, 0.4) is 0 Å². The van der Waals surface area contributed by atoms with Crippen molar-refractivity contribution in [2.75, 3.05) is 0 Å². The quantitative estimate of drug-likeness (QED) is 0.693. The zero-order chi connectivity index (χ0) is 14.8. The monoisotopic (exact) mass is 296 g/mol. The van der Waals surface area contributed by atoms with Crippen LogP contribution in [0.4, 0.5) is 0 Å². The Bertz CT molecular complexity index is 855. The fourth-order valence-electron chi connectivity index (χ4n) is 2.25. The molecule has 0 atom stereocenters. The molecule has 0 saturated heterocycles. The van der Waals surface area contributed by atoms with Gasteiger partial charge < -0.3 is 0 Å². The molecule has 2 heterocycles. The van der Waals surface area contributed by atoms with Crippen molar-refractivity contribution in [1.82, 2.24) is 9.38 Å². The highest BCUT2D eigenvalue weighted by Crippen LogP contribution is 2.22. The predicted octanol–water partition coefficient (Wildman–Crippen LogP) is 3.60. The van der Waals surface area contributed by atoms with Crippen molar-refractivity contribution in [3.63, 3.8) is 0 Å². The maximum absolute atomic E-state index is 12.1. The van der Waals surface area contributed by atoms with Crippen LogP contribution in [0.5, 0.6) is 0 Å². The summed E-state index contributed by atoms with van der Waals surface area (Å²) >= 11 is 1.70. The van der Waals surface area contributed by atoms with E-state index in [0.29, 0.717) is 5.75 Å². The minimum atomic E-state index is -0.0245. The number of aromatic nitrogens is 2.